The Kier molecular flexibility index (Phi) is 5.75. The van der Waals surface area contributed by atoms with Gasteiger partial charge in [-0.1, -0.05) is 0 Å². The van der Waals surface area contributed by atoms with Crippen LogP contribution >= 0.6 is 0 Å². The van der Waals surface area contributed by atoms with Crippen molar-refractivity contribution in [2.45, 2.75) is 33.2 Å². The number of ether oxygens (including phenoxy) is 1. The number of anilines is 1. The van der Waals surface area contributed by atoms with E-state index in [0.29, 0.717) is 30.6 Å². The van der Waals surface area contributed by atoms with Crippen LogP contribution in [0.1, 0.15) is 50.7 Å². The minimum Gasteiger partial charge on any atom is -0.467 e. The molecule has 3 aromatic rings. The van der Waals surface area contributed by atoms with E-state index in [1.54, 1.807) is 41.5 Å². The molecule has 31 heavy (non-hydrogen) atoms. The average molecular weight is 420 g/mol. The lowest BCUT2D eigenvalue weighted by molar-refractivity contribution is -0.117. The van der Waals surface area contributed by atoms with Crippen LogP contribution in [0.3, 0.4) is 0 Å². The number of furan rings is 1. The van der Waals surface area contributed by atoms with Gasteiger partial charge in [-0.05, 0) is 62.7 Å². The zero-order valence-corrected chi connectivity index (χ0v) is 17.6. The molecule has 1 saturated heterocycles. The molecular weight excluding hydrogens is 396 g/mol. The summed E-state index contributed by atoms with van der Waals surface area (Å²) in [5.41, 5.74) is 3.30. The number of ketones is 1. The number of esters is 1. The summed E-state index contributed by atoms with van der Waals surface area (Å²) >= 11 is 0. The maximum absolute atomic E-state index is 12.6. The summed E-state index contributed by atoms with van der Waals surface area (Å²) in [6, 6.07) is 12.3. The molecule has 1 aliphatic rings. The van der Waals surface area contributed by atoms with Gasteiger partial charge in [-0.15, -0.1) is 0 Å². The van der Waals surface area contributed by atoms with E-state index in [1.165, 1.54) is 0 Å². The Labute approximate surface area is 180 Å². The van der Waals surface area contributed by atoms with Crippen molar-refractivity contribution in [1.29, 1.82) is 0 Å². The molecule has 1 aliphatic heterocycles. The van der Waals surface area contributed by atoms with E-state index in [4.69, 9.17) is 9.15 Å². The van der Waals surface area contributed by atoms with E-state index in [-0.39, 0.29) is 18.3 Å². The van der Waals surface area contributed by atoms with Crippen molar-refractivity contribution >= 4 is 23.3 Å². The lowest BCUT2D eigenvalue weighted by atomic mass is 10.1. The molecule has 0 spiro atoms. The van der Waals surface area contributed by atoms with Crippen molar-refractivity contribution in [3.63, 3.8) is 0 Å². The second kappa shape index (κ2) is 8.63. The number of rotatable bonds is 7. The van der Waals surface area contributed by atoms with Gasteiger partial charge in [-0.3, -0.25) is 9.59 Å². The summed E-state index contributed by atoms with van der Waals surface area (Å²) in [6.45, 7) is 4.62. The first-order valence-electron chi connectivity index (χ1n) is 10.2. The van der Waals surface area contributed by atoms with Crippen LogP contribution in [0.5, 0.6) is 0 Å². The molecule has 1 fully saturated rings. The van der Waals surface area contributed by atoms with Crippen LogP contribution in [0, 0.1) is 13.8 Å². The minimum absolute atomic E-state index is 0.0951. The predicted molar refractivity (Wildman–Crippen MR) is 114 cm³/mol. The van der Waals surface area contributed by atoms with E-state index >= 15 is 0 Å². The number of hydrogen-bond donors (Lipinski definition) is 0. The highest BCUT2D eigenvalue weighted by molar-refractivity contribution is 6.00. The number of benzene rings is 1. The molecule has 0 bridgehead atoms. The van der Waals surface area contributed by atoms with E-state index in [0.717, 1.165) is 29.3 Å². The number of carbonyl (C=O) groups excluding carboxylic acids is 3. The quantitative estimate of drug-likeness (QED) is 0.428. The van der Waals surface area contributed by atoms with Crippen LogP contribution in [0.15, 0.2) is 53.1 Å². The minimum atomic E-state index is -0.536. The van der Waals surface area contributed by atoms with Crippen molar-refractivity contribution in [3.8, 4) is 0 Å². The standard InChI is InChI=1S/C24H24N2O5/c1-16-13-21(17(2)26(16)14-20-5-4-12-30-20)24(29)31-15-22(27)18-7-9-19(10-8-18)25-11-3-6-23(25)28/h4-5,7-10,12-13H,3,6,11,14-15H2,1-2H3. The molecule has 160 valence electrons. The Bertz CT molecular complexity index is 1110. The van der Waals surface area contributed by atoms with Gasteiger partial charge in [0.1, 0.15) is 5.76 Å². The van der Waals surface area contributed by atoms with Crippen molar-refractivity contribution in [2.75, 3.05) is 18.1 Å². The predicted octanol–water partition coefficient (Wildman–Crippen LogP) is 3.91. The molecule has 1 aromatic carbocycles. The number of carbonyl (C=O) groups is 3. The Morgan fingerprint density at radius 2 is 1.90 bits per heavy atom. The fraction of sp³-hybridized carbons (Fsp3) is 0.292. The first-order valence-corrected chi connectivity index (χ1v) is 10.2. The van der Waals surface area contributed by atoms with Gasteiger partial charge < -0.3 is 18.6 Å². The summed E-state index contributed by atoms with van der Waals surface area (Å²) in [7, 11) is 0. The molecular formula is C24H24N2O5. The van der Waals surface area contributed by atoms with Crippen LogP contribution in [-0.2, 0) is 16.1 Å². The zero-order chi connectivity index (χ0) is 22.0. The highest BCUT2D eigenvalue weighted by Gasteiger charge is 2.22. The molecule has 0 aliphatic carbocycles. The third-order valence-corrected chi connectivity index (χ3v) is 5.60. The number of Topliss-reactive ketones (excluding diaryl/α,β-unsaturated/α-hetero) is 1. The highest BCUT2D eigenvalue weighted by atomic mass is 16.5. The largest absolute Gasteiger partial charge is 0.467 e. The molecule has 0 atom stereocenters. The van der Waals surface area contributed by atoms with Crippen molar-refractivity contribution in [3.05, 3.63) is 77.0 Å². The van der Waals surface area contributed by atoms with E-state index in [1.807, 2.05) is 30.5 Å². The summed E-state index contributed by atoms with van der Waals surface area (Å²) in [4.78, 5) is 38.6. The van der Waals surface area contributed by atoms with Gasteiger partial charge in [0, 0.05) is 35.6 Å². The number of aromatic nitrogens is 1. The lowest BCUT2D eigenvalue weighted by Gasteiger charge is -2.15. The Hall–Kier alpha value is -3.61. The van der Waals surface area contributed by atoms with Gasteiger partial charge in [-0.25, -0.2) is 4.79 Å². The fourth-order valence-electron chi connectivity index (χ4n) is 3.85. The Morgan fingerprint density at radius 1 is 1.13 bits per heavy atom. The maximum atomic E-state index is 12.6. The van der Waals surface area contributed by atoms with E-state index in [2.05, 4.69) is 0 Å². The third kappa shape index (κ3) is 4.30. The Morgan fingerprint density at radius 3 is 2.55 bits per heavy atom. The maximum Gasteiger partial charge on any atom is 0.340 e. The monoisotopic (exact) mass is 420 g/mol. The summed E-state index contributed by atoms with van der Waals surface area (Å²) in [5, 5.41) is 0. The molecule has 2 aromatic heterocycles. The lowest BCUT2D eigenvalue weighted by Crippen LogP contribution is -2.23. The van der Waals surface area contributed by atoms with Crippen molar-refractivity contribution in [2.24, 2.45) is 0 Å². The molecule has 3 heterocycles. The van der Waals surface area contributed by atoms with E-state index < -0.39 is 5.97 Å². The smallest absolute Gasteiger partial charge is 0.340 e. The molecule has 4 rings (SSSR count). The first kappa shape index (κ1) is 20.7. The normalized spacial score (nSPS) is 13.6. The molecule has 0 radical (unpaired) electrons. The summed E-state index contributed by atoms with van der Waals surface area (Å²) < 4.78 is 12.6. The molecule has 1 amide bonds. The van der Waals surface area contributed by atoms with Gasteiger partial charge in [-0.2, -0.15) is 0 Å². The fourth-order valence-corrected chi connectivity index (χ4v) is 3.85. The van der Waals surface area contributed by atoms with Gasteiger partial charge in [0.15, 0.2) is 12.4 Å². The van der Waals surface area contributed by atoms with Crippen LogP contribution in [0.4, 0.5) is 5.69 Å². The zero-order valence-electron chi connectivity index (χ0n) is 17.6. The molecule has 0 N–H and O–H groups in total. The second-order valence-corrected chi connectivity index (χ2v) is 7.65. The van der Waals surface area contributed by atoms with Crippen molar-refractivity contribution in [1.82, 2.24) is 4.57 Å². The Balaban J connectivity index is 1.38. The number of nitrogens with zero attached hydrogens (tertiary/aromatic N) is 2. The summed E-state index contributed by atoms with van der Waals surface area (Å²) in [5.74, 6) is 0.0529. The molecule has 0 unspecified atom stereocenters. The van der Waals surface area contributed by atoms with Gasteiger partial charge in [0.25, 0.3) is 0 Å². The van der Waals surface area contributed by atoms with Crippen LogP contribution in [0.25, 0.3) is 0 Å². The average Bonchev–Trinajstić information content (AvgIpc) is 3.50. The highest BCUT2D eigenvalue weighted by Crippen LogP contribution is 2.22. The van der Waals surface area contributed by atoms with Crippen LogP contribution in [-0.4, -0.2) is 35.4 Å². The van der Waals surface area contributed by atoms with Gasteiger partial charge in [0.05, 0.1) is 18.4 Å². The van der Waals surface area contributed by atoms with Gasteiger partial charge >= 0.3 is 5.97 Å². The van der Waals surface area contributed by atoms with Crippen LogP contribution < -0.4 is 4.90 Å². The number of aryl methyl sites for hydroxylation is 1. The molecule has 7 heteroatoms. The van der Waals surface area contributed by atoms with Crippen molar-refractivity contribution < 1.29 is 23.5 Å². The topological polar surface area (TPSA) is 81.8 Å². The second-order valence-electron chi connectivity index (χ2n) is 7.65. The molecule has 0 saturated carbocycles. The number of amides is 1. The summed E-state index contributed by atoms with van der Waals surface area (Å²) in [6.07, 6.45) is 3.01. The number of hydrogen-bond acceptors (Lipinski definition) is 5. The first-order chi connectivity index (χ1) is 14.9. The van der Waals surface area contributed by atoms with Gasteiger partial charge in [0.2, 0.25) is 5.91 Å². The SMILES string of the molecule is Cc1cc(C(=O)OCC(=O)c2ccc(N3CCCC3=O)cc2)c(C)n1Cc1ccco1. The third-order valence-electron chi connectivity index (χ3n) is 5.60. The van der Waals surface area contributed by atoms with E-state index in [9.17, 15) is 14.4 Å². The van der Waals surface area contributed by atoms with Crippen LogP contribution in [0.2, 0.25) is 0 Å². The molecule has 7 nitrogen and oxygen atoms in total.